The number of H-pyrrole nitrogens is 1. The average molecular weight is 228 g/mol. The molecule has 0 unspecified atom stereocenters. The van der Waals surface area contributed by atoms with Crippen LogP contribution in [0.2, 0.25) is 0 Å². The van der Waals surface area contributed by atoms with Gasteiger partial charge in [-0.2, -0.15) is 5.10 Å². The highest BCUT2D eigenvalue weighted by atomic mass is 16.5. The number of aromatic amines is 1. The van der Waals surface area contributed by atoms with Gasteiger partial charge in [-0.1, -0.05) is 12.1 Å². The van der Waals surface area contributed by atoms with Gasteiger partial charge in [-0.3, -0.25) is 9.89 Å². The van der Waals surface area contributed by atoms with E-state index in [4.69, 9.17) is 4.74 Å². The summed E-state index contributed by atoms with van der Waals surface area (Å²) in [6.07, 6.45) is 1.34. The number of ketones is 1. The fraction of sp³-hybridized carbons (Fsp3) is 0.231. The van der Waals surface area contributed by atoms with Crippen LogP contribution in [0.4, 0.5) is 0 Å². The lowest BCUT2D eigenvalue weighted by atomic mass is 10.1. The van der Waals surface area contributed by atoms with E-state index in [9.17, 15) is 4.79 Å². The zero-order valence-corrected chi connectivity index (χ0v) is 9.49. The van der Waals surface area contributed by atoms with Gasteiger partial charge in [0.25, 0.3) is 0 Å². The molecular weight excluding hydrogens is 216 g/mol. The van der Waals surface area contributed by atoms with E-state index in [1.807, 2.05) is 24.3 Å². The maximum absolute atomic E-state index is 11.8. The minimum absolute atomic E-state index is 0.162. The molecule has 0 bridgehead atoms. The number of aryl methyl sites for hydroxylation is 1. The monoisotopic (exact) mass is 228 g/mol. The summed E-state index contributed by atoms with van der Waals surface area (Å²) in [5.41, 5.74) is 3.24. The van der Waals surface area contributed by atoms with Gasteiger partial charge in [0.05, 0.1) is 12.7 Å². The molecule has 2 aromatic rings. The van der Waals surface area contributed by atoms with Crippen molar-refractivity contribution < 1.29 is 9.53 Å². The molecule has 1 heterocycles. The van der Waals surface area contributed by atoms with Gasteiger partial charge in [0.2, 0.25) is 0 Å². The summed E-state index contributed by atoms with van der Waals surface area (Å²) < 4.78 is 5.30. The Hall–Kier alpha value is -2.10. The Labute approximate surface area is 98.6 Å². The molecule has 1 aliphatic rings. The summed E-state index contributed by atoms with van der Waals surface area (Å²) >= 11 is 0. The van der Waals surface area contributed by atoms with Crippen molar-refractivity contribution in [1.29, 1.82) is 0 Å². The predicted octanol–water partition coefficient (Wildman–Crippen LogP) is 2.21. The van der Waals surface area contributed by atoms with Crippen LogP contribution < -0.4 is 4.74 Å². The van der Waals surface area contributed by atoms with Crippen molar-refractivity contribution in [3.63, 3.8) is 0 Å². The number of aromatic nitrogens is 2. The van der Waals surface area contributed by atoms with E-state index >= 15 is 0 Å². The smallest absolute Gasteiger partial charge is 0.167 e. The van der Waals surface area contributed by atoms with Crippen molar-refractivity contribution in [2.24, 2.45) is 0 Å². The molecule has 1 N–H and O–H groups in total. The molecule has 4 nitrogen and oxygen atoms in total. The molecular formula is C13H12N2O2. The van der Waals surface area contributed by atoms with E-state index in [1.54, 1.807) is 7.11 Å². The fourth-order valence-corrected chi connectivity index (χ4v) is 2.26. The molecule has 0 amide bonds. The number of hydrogen-bond acceptors (Lipinski definition) is 3. The van der Waals surface area contributed by atoms with Crippen LogP contribution >= 0.6 is 0 Å². The third kappa shape index (κ3) is 1.45. The van der Waals surface area contributed by atoms with Crippen molar-refractivity contribution in [3.8, 4) is 17.0 Å². The number of nitrogens with zero attached hydrogens (tertiary/aromatic N) is 1. The Balaban J connectivity index is 2.20. The molecule has 1 aromatic heterocycles. The molecule has 3 rings (SSSR count). The zero-order valence-electron chi connectivity index (χ0n) is 9.49. The van der Waals surface area contributed by atoms with Gasteiger partial charge < -0.3 is 4.74 Å². The molecule has 0 saturated heterocycles. The molecule has 1 aliphatic carbocycles. The molecule has 0 fully saturated rings. The van der Waals surface area contributed by atoms with E-state index in [0.29, 0.717) is 12.1 Å². The Morgan fingerprint density at radius 1 is 1.29 bits per heavy atom. The summed E-state index contributed by atoms with van der Waals surface area (Å²) in [5.74, 6) is 0.899. The van der Waals surface area contributed by atoms with Gasteiger partial charge in [-0.15, -0.1) is 0 Å². The summed E-state index contributed by atoms with van der Waals surface area (Å²) in [4.78, 5) is 11.8. The average Bonchev–Trinajstić information content (AvgIpc) is 2.93. The number of Topliss-reactive ketones (excluding diaryl/α,β-unsaturated/α-hetero) is 1. The first-order valence-corrected chi connectivity index (χ1v) is 5.55. The lowest BCUT2D eigenvalue weighted by Gasteiger charge is -2.06. The summed E-state index contributed by atoms with van der Waals surface area (Å²) in [6, 6.07) is 7.60. The SMILES string of the molecule is COc1ccccc1-c1n[nH]c2c1C(=O)CC2. The first kappa shape index (κ1) is 10.1. The molecule has 0 atom stereocenters. The van der Waals surface area contributed by atoms with Crippen molar-refractivity contribution in [2.75, 3.05) is 7.11 Å². The topological polar surface area (TPSA) is 55.0 Å². The minimum Gasteiger partial charge on any atom is -0.496 e. The van der Waals surface area contributed by atoms with E-state index in [1.165, 1.54) is 0 Å². The number of benzene rings is 1. The van der Waals surface area contributed by atoms with Gasteiger partial charge in [0.15, 0.2) is 5.78 Å². The molecule has 0 radical (unpaired) electrons. The Morgan fingerprint density at radius 3 is 2.94 bits per heavy atom. The van der Waals surface area contributed by atoms with E-state index in [-0.39, 0.29) is 5.78 Å². The van der Waals surface area contributed by atoms with Crippen molar-refractivity contribution in [1.82, 2.24) is 10.2 Å². The number of carbonyl (C=O) groups excluding carboxylic acids is 1. The number of rotatable bonds is 2. The second-order valence-corrected chi connectivity index (χ2v) is 4.05. The largest absolute Gasteiger partial charge is 0.496 e. The van der Waals surface area contributed by atoms with E-state index < -0.39 is 0 Å². The normalized spacial score (nSPS) is 13.8. The number of carbonyl (C=O) groups is 1. The van der Waals surface area contributed by atoms with Gasteiger partial charge >= 0.3 is 0 Å². The van der Waals surface area contributed by atoms with Crippen LogP contribution in [0.1, 0.15) is 22.5 Å². The number of hydrogen-bond donors (Lipinski definition) is 1. The van der Waals surface area contributed by atoms with E-state index in [2.05, 4.69) is 10.2 Å². The van der Waals surface area contributed by atoms with Gasteiger partial charge in [0.1, 0.15) is 11.4 Å². The third-order valence-electron chi connectivity index (χ3n) is 3.08. The van der Waals surface area contributed by atoms with Crippen LogP contribution in [0.3, 0.4) is 0 Å². The fourth-order valence-electron chi connectivity index (χ4n) is 2.26. The summed E-state index contributed by atoms with van der Waals surface area (Å²) in [5, 5.41) is 7.18. The highest BCUT2D eigenvalue weighted by Gasteiger charge is 2.27. The number of ether oxygens (including phenoxy) is 1. The van der Waals surface area contributed by atoms with E-state index in [0.717, 1.165) is 29.0 Å². The highest BCUT2D eigenvalue weighted by Crippen LogP contribution is 2.35. The van der Waals surface area contributed by atoms with Crippen LogP contribution in [0.25, 0.3) is 11.3 Å². The number of para-hydroxylation sites is 1. The standard InChI is InChI=1S/C13H12N2O2/c1-17-11-5-3-2-4-8(11)13-12-9(14-15-13)6-7-10(12)16/h2-5H,6-7H2,1H3,(H,14,15). The molecule has 0 spiro atoms. The summed E-state index contributed by atoms with van der Waals surface area (Å²) in [7, 11) is 1.62. The number of nitrogens with one attached hydrogen (secondary N) is 1. The molecule has 0 saturated carbocycles. The molecule has 17 heavy (non-hydrogen) atoms. The second-order valence-electron chi connectivity index (χ2n) is 4.05. The lowest BCUT2D eigenvalue weighted by Crippen LogP contribution is -1.95. The van der Waals surface area contributed by atoms with Gasteiger partial charge in [0, 0.05) is 17.7 Å². The quantitative estimate of drug-likeness (QED) is 0.857. The summed E-state index contributed by atoms with van der Waals surface area (Å²) in [6.45, 7) is 0. The maximum atomic E-state index is 11.8. The predicted molar refractivity (Wildman–Crippen MR) is 63.2 cm³/mol. The van der Waals surface area contributed by atoms with Crippen molar-refractivity contribution >= 4 is 5.78 Å². The molecule has 4 heteroatoms. The molecule has 0 aliphatic heterocycles. The van der Waals surface area contributed by atoms with Crippen LogP contribution in [0.15, 0.2) is 24.3 Å². The van der Waals surface area contributed by atoms with Gasteiger partial charge in [-0.05, 0) is 18.6 Å². The highest BCUT2D eigenvalue weighted by molar-refractivity contribution is 6.05. The first-order valence-electron chi connectivity index (χ1n) is 5.55. The zero-order chi connectivity index (χ0) is 11.8. The Kier molecular flexibility index (Phi) is 2.21. The minimum atomic E-state index is 0.162. The second kappa shape index (κ2) is 3.73. The number of methoxy groups -OCH3 is 1. The maximum Gasteiger partial charge on any atom is 0.167 e. The van der Waals surface area contributed by atoms with Crippen molar-refractivity contribution in [2.45, 2.75) is 12.8 Å². The lowest BCUT2D eigenvalue weighted by molar-refractivity contribution is 0.0995. The Morgan fingerprint density at radius 2 is 2.12 bits per heavy atom. The number of fused-ring (bicyclic) bond motifs is 1. The van der Waals surface area contributed by atoms with Crippen LogP contribution in [0.5, 0.6) is 5.75 Å². The van der Waals surface area contributed by atoms with Crippen molar-refractivity contribution in [3.05, 3.63) is 35.5 Å². The molecule has 86 valence electrons. The van der Waals surface area contributed by atoms with Crippen LogP contribution in [-0.4, -0.2) is 23.1 Å². The van der Waals surface area contributed by atoms with Crippen LogP contribution in [0, 0.1) is 0 Å². The Bertz CT molecular complexity index is 587. The first-order chi connectivity index (χ1) is 8.31. The molecule has 1 aromatic carbocycles. The third-order valence-corrected chi connectivity index (χ3v) is 3.08. The van der Waals surface area contributed by atoms with Crippen LogP contribution in [-0.2, 0) is 6.42 Å². The van der Waals surface area contributed by atoms with Gasteiger partial charge in [-0.25, -0.2) is 0 Å².